The van der Waals surface area contributed by atoms with Gasteiger partial charge in [-0.25, -0.2) is 0 Å². The van der Waals surface area contributed by atoms with Crippen molar-refractivity contribution in [2.24, 2.45) is 5.92 Å². The van der Waals surface area contributed by atoms with Gasteiger partial charge in [0.1, 0.15) is 0 Å². The lowest BCUT2D eigenvalue weighted by molar-refractivity contribution is -0.120. The smallest absolute Gasteiger partial charge is 0.224 e. The molecule has 1 aromatic rings. The number of amides is 2. The summed E-state index contributed by atoms with van der Waals surface area (Å²) in [6.45, 7) is 0. The second-order valence-electron chi connectivity index (χ2n) is 5.06. The Labute approximate surface area is 119 Å². The number of anilines is 1. The van der Waals surface area contributed by atoms with Crippen LogP contribution in [0.25, 0.3) is 0 Å². The molecule has 0 saturated carbocycles. The van der Waals surface area contributed by atoms with Gasteiger partial charge in [0.15, 0.2) is 0 Å². The van der Waals surface area contributed by atoms with Crippen LogP contribution in [0.3, 0.4) is 0 Å². The van der Waals surface area contributed by atoms with E-state index in [1.165, 1.54) is 0 Å². The summed E-state index contributed by atoms with van der Waals surface area (Å²) in [5, 5.41) is 5.48. The number of likely N-dealkylation sites (N-methyl/N-ethyl adjacent to an activating group) is 1. The maximum atomic E-state index is 11.9. The van der Waals surface area contributed by atoms with E-state index in [4.69, 9.17) is 0 Å². The third kappa shape index (κ3) is 4.23. The molecule has 0 unspecified atom stereocenters. The van der Waals surface area contributed by atoms with Crippen LogP contribution in [0.4, 0.5) is 5.69 Å². The van der Waals surface area contributed by atoms with Gasteiger partial charge in [-0.2, -0.15) is 0 Å². The predicted molar refractivity (Wildman–Crippen MR) is 79.3 cm³/mol. The number of benzene rings is 1. The molecule has 0 saturated heterocycles. The van der Waals surface area contributed by atoms with Gasteiger partial charge in [0.25, 0.3) is 0 Å². The van der Waals surface area contributed by atoms with Gasteiger partial charge >= 0.3 is 0 Å². The van der Waals surface area contributed by atoms with Crippen LogP contribution in [0.15, 0.2) is 36.4 Å². The van der Waals surface area contributed by atoms with Crippen molar-refractivity contribution in [2.75, 3.05) is 12.4 Å². The van der Waals surface area contributed by atoms with Crippen molar-refractivity contribution in [3.05, 3.63) is 42.0 Å². The molecule has 0 radical (unpaired) electrons. The molecule has 0 aromatic heterocycles. The average Bonchev–Trinajstić information content (AvgIpc) is 2.93. The van der Waals surface area contributed by atoms with Gasteiger partial charge < -0.3 is 10.6 Å². The maximum Gasteiger partial charge on any atom is 0.224 e. The topological polar surface area (TPSA) is 58.2 Å². The Bertz CT molecular complexity index is 506. The van der Waals surface area contributed by atoms with Gasteiger partial charge in [-0.1, -0.05) is 24.3 Å². The number of carbonyl (C=O) groups is 2. The standard InChI is InChI=1S/C16H20N2O2/c1-17-15(19)10-13-6-8-14(9-7-13)18-16(20)11-12-4-2-3-5-12/h2,4,6-9,12H,3,5,10-11H2,1H3,(H,17,19)(H,18,20)/t12-/m1/s1. The Morgan fingerprint density at radius 1 is 1.20 bits per heavy atom. The average molecular weight is 272 g/mol. The number of allylic oxidation sites excluding steroid dienone is 2. The molecule has 4 heteroatoms. The molecular weight excluding hydrogens is 252 g/mol. The predicted octanol–water partition coefficient (Wildman–Crippen LogP) is 2.27. The Balaban J connectivity index is 1.85. The van der Waals surface area contributed by atoms with E-state index in [0.29, 0.717) is 18.8 Å². The van der Waals surface area contributed by atoms with Crippen LogP contribution >= 0.6 is 0 Å². The fourth-order valence-electron chi connectivity index (χ4n) is 2.30. The van der Waals surface area contributed by atoms with Gasteiger partial charge in [-0.15, -0.1) is 0 Å². The molecule has 2 rings (SSSR count). The quantitative estimate of drug-likeness (QED) is 0.808. The Kier molecular flexibility index (Phi) is 4.93. The second kappa shape index (κ2) is 6.89. The highest BCUT2D eigenvalue weighted by Gasteiger charge is 2.13. The van der Waals surface area contributed by atoms with E-state index in [-0.39, 0.29) is 11.8 Å². The Hall–Kier alpha value is -2.10. The number of hydrogen-bond acceptors (Lipinski definition) is 2. The summed E-state index contributed by atoms with van der Waals surface area (Å²) in [4.78, 5) is 23.1. The molecule has 20 heavy (non-hydrogen) atoms. The minimum Gasteiger partial charge on any atom is -0.359 e. The Morgan fingerprint density at radius 2 is 1.95 bits per heavy atom. The molecular formula is C16H20N2O2. The summed E-state index contributed by atoms with van der Waals surface area (Å²) in [7, 11) is 1.62. The summed E-state index contributed by atoms with van der Waals surface area (Å²) >= 11 is 0. The van der Waals surface area contributed by atoms with Crippen LogP contribution in [0.1, 0.15) is 24.8 Å². The van der Waals surface area contributed by atoms with Crippen molar-refractivity contribution in [3.63, 3.8) is 0 Å². The van der Waals surface area contributed by atoms with E-state index in [9.17, 15) is 9.59 Å². The molecule has 1 atom stereocenters. The number of rotatable bonds is 5. The minimum atomic E-state index is -0.0187. The van der Waals surface area contributed by atoms with E-state index in [1.54, 1.807) is 7.05 Å². The van der Waals surface area contributed by atoms with E-state index in [1.807, 2.05) is 24.3 Å². The zero-order valence-corrected chi connectivity index (χ0v) is 11.7. The molecule has 2 amide bonds. The number of hydrogen-bond donors (Lipinski definition) is 2. The monoisotopic (exact) mass is 272 g/mol. The fourth-order valence-corrected chi connectivity index (χ4v) is 2.30. The molecule has 0 aliphatic heterocycles. The SMILES string of the molecule is CNC(=O)Cc1ccc(NC(=O)C[C@@H]2C=CCC2)cc1. The highest BCUT2D eigenvalue weighted by atomic mass is 16.2. The van der Waals surface area contributed by atoms with Crippen molar-refractivity contribution >= 4 is 17.5 Å². The first-order valence-corrected chi connectivity index (χ1v) is 6.93. The number of carbonyl (C=O) groups excluding carboxylic acids is 2. The maximum absolute atomic E-state index is 11.9. The molecule has 0 spiro atoms. The normalized spacial score (nSPS) is 16.9. The van der Waals surface area contributed by atoms with Gasteiger partial charge in [0.05, 0.1) is 6.42 Å². The first-order chi connectivity index (χ1) is 9.67. The molecule has 0 bridgehead atoms. The summed E-state index contributed by atoms with van der Waals surface area (Å²) < 4.78 is 0. The van der Waals surface area contributed by atoms with E-state index < -0.39 is 0 Å². The first-order valence-electron chi connectivity index (χ1n) is 6.93. The molecule has 0 fully saturated rings. The zero-order valence-electron chi connectivity index (χ0n) is 11.7. The molecule has 1 aromatic carbocycles. The van der Waals surface area contributed by atoms with Crippen LogP contribution in [0.5, 0.6) is 0 Å². The summed E-state index contributed by atoms with van der Waals surface area (Å²) in [5.74, 6) is 0.401. The van der Waals surface area contributed by atoms with Gasteiger partial charge in [-0.05, 0) is 36.5 Å². The van der Waals surface area contributed by atoms with Crippen molar-refractivity contribution < 1.29 is 9.59 Å². The lowest BCUT2D eigenvalue weighted by atomic mass is 10.0. The highest BCUT2D eigenvalue weighted by molar-refractivity contribution is 5.91. The van der Waals surface area contributed by atoms with Gasteiger partial charge in [0, 0.05) is 19.2 Å². The van der Waals surface area contributed by atoms with E-state index in [2.05, 4.69) is 22.8 Å². The summed E-state index contributed by atoms with van der Waals surface area (Å²) in [6, 6.07) is 7.39. The van der Waals surface area contributed by atoms with Crippen LogP contribution in [-0.2, 0) is 16.0 Å². The van der Waals surface area contributed by atoms with Crippen LogP contribution < -0.4 is 10.6 Å². The van der Waals surface area contributed by atoms with Crippen molar-refractivity contribution in [1.29, 1.82) is 0 Å². The highest BCUT2D eigenvalue weighted by Crippen LogP contribution is 2.21. The summed E-state index contributed by atoms with van der Waals surface area (Å²) in [6.07, 6.45) is 7.29. The fraction of sp³-hybridized carbons (Fsp3) is 0.375. The van der Waals surface area contributed by atoms with Crippen LogP contribution in [-0.4, -0.2) is 18.9 Å². The first kappa shape index (κ1) is 14.3. The largest absolute Gasteiger partial charge is 0.359 e. The lowest BCUT2D eigenvalue weighted by Gasteiger charge is -2.09. The molecule has 4 nitrogen and oxygen atoms in total. The number of nitrogens with one attached hydrogen (secondary N) is 2. The van der Waals surface area contributed by atoms with Crippen LogP contribution in [0.2, 0.25) is 0 Å². The molecule has 0 heterocycles. The summed E-state index contributed by atoms with van der Waals surface area (Å²) in [5.41, 5.74) is 1.71. The second-order valence-corrected chi connectivity index (χ2v) is 5.06. The minimum absolute atomic E-state index is 0.0187. The van der Waals surface area contributed by atoms with Crippen molar-refractivity contribution in [3.8, 4) is 0 Å². The van der Waals surface area contributed by atoms with Crippen molar-refractivity contribution in [2.45, 2.75) is 25.7 Å². The van der Waals surface area contributed by atoms with E-state index in [0.717, 1.165) is 24.1 Å². The molecule has 2 N–H and O–H groups in total. The third-order valence-corrected chi connectivity index (χ3v) is 3.44. The van der Waals surface area contributed by atoms with Gasteiger partial charge in [0.2, 0.25) is 11.8 Å². The molecule has 106 valence electrons. The molecule has 1 aliphatic rings. The van der Waals surface area contributed by atoms with Crippen LogP contribution in [0, 0.1) is 5.92 Å². The lowest BCUT2D eigenvalue weighted by Crippen LogP contribution is -2.20. The zero-order chi connectivity index (χ0) is 14.4. The molecule has 1 aliphatic carbocycles. The van der Waals surface area contributed by atoms with Crippen molar-refractivity contribution in [1.82, 2.24) is 5.32 Å². The third-order valence-electron chi connectivity index (χ3n) is 3.44. The van der Waals surface area contributed by atoms with E-state index >= 15 is 0 Å². The Morgan fingerprint density at radius 3 is 2.55 bits per heavy atom. The van der Waals surface area contributed by atoms with Gasteiger partial charge in [-0.3, -0.25) is 9.59 Å².